The molecule has 0 radical (unpaired) electrons. The molecule has 0 aromatic heterocycles. The summed E-state index contributed by atoms with van der Waals surface area (Å²) < 4.78 is 0. The van der Waals surface area contributed by atoms with Gasteiger partial charge in [0.15, 0.2) is 5.92 Å². The number of carbonyl (C=O) groups is 2. The molecule has 0 bridgehead atoms. The lowest BCUT2D eigenvalue weighted by atomic mass is 10.1. The molecule has 0 saturated heterocycles. The predicted octanol–water partition coefficient (Wildman–Crippen LogP) is -1.75. The smallest absolute Gasteiger partial charge is 0.322 e. The van der Waals surface area contributed by atoms with E-state index >= 15 is 0 Å². The van der Waals surface area contributed by atoms with Crippen molar-refractivity contribution in [1.82, 2.24) is 0 Å². The molecule has 0 heterocycles. The minimum Gasteiger partial charge on any atom is -0.549 e. The molecule has 0 spiro atoms. The summed E-state index contributed by atoms with van der Waals surface area (Å²) in [5.41, 5.74) is 6.25. The first-order valence-corrected chi connectivity index (χ1v) is 2.50. The van der Waals surface area contributed by atoms with Crippen molar-refractivity contribution in [3.63, 3.8) is 0 Å². The van der Waals surface area contributed by atoms with Gasteiger partial charge >= 0.3 is 6.21 Å². The highest BCUT2D eigenvalue weighted by Crippen LogP contribution is 1.89. The van der Waals surface area contributed by atoms with Gasteiger partial charge in [-0.15, -0.1) is 0 Å². The molecule has 0 saturated carbocycles. The maximum atomic E-state index is 10.4. The van der Waals surface area contributed by atoms with Gasteiger partial charge in [-0.3, -0.25) is 4.79 Å². The number of nitrogens with zero attached hydrogens (tertiary/aromatic N) is 1. The monoisotopic (exact) mass is 142 g/mol. The Hall–Kier alpha value is -1.48. The van der Waals surface area contributed by atoms with Gasteiger partial charge in [0, 0.05) is 4.79 Å². The number of carbonyl (C=O) groups excluding carboxylic acids is 2. The van der Waals surface area contributed by atoms with Crippen molar-refractivity contribution in [3.05, 3.63) is 0 Å². The van der Waals surface area contributed by atoms with Crippen molar-refractivity contribution in [2.24, 2.45) is 5.92 Å². The molecule has 0 aliphatic carbocycles. The second-order valence-corrected chi connectivity index (χ2v) is 1.69. The second-order valence-electron chi connectivity index (χ2n) is 1.69. The van der Waals surface area contributed by atoms with Crippen LogP contribution in [-0.4, -0.2) is 22.8 Å². The molecule has 1 atom stereocenters. The molecule has 1 unspecified atom stereocenters. The van der Waals surface area contributed by atoms with Crippen LogP contribution in [0.25, 0.3) is 0 Å². The van der Waals surface area contributed by atoms with Gasteiger partial charge in [0.25, 0.3) is 0 Å². The lowest BCUT2D eigenvalue weighted by molar-refractivity contribution is -0.308. The van der Waals surface area contributed by atoms with E-state index in [9.17, 15) is 14.7 Å². The van der Waals surface area contributed by atoms with Gasteiger partial charge in [-0.25, -0.2) is 0 Å². The number of hydrogen-bond donors (Lipinski definition) is 1. The van der Waals surface area contributed by atoms with E-state index in [4.69, 9.17) is 5.53 Å². The maximum Gasteiger partial charge on any atom is 0.322 e. The summed E-state index contributed by atoms with van der Waals surface area (Å²) in [7, 11) is 0. The van der Waals surface area contributed by atoms with Crippen LogP contribution in [0.5, 0.6) is 0 Å². The van der Waals surface area contributed by atoms with Crippen LogP contribution in [0.4, 0.5) is 0 Å². The quantitative estimate of drug-likeness (QED) is 0.219. The summed E-state index contributed by atoms with van der Waals surface area (Å²) in [5.74, 6) is -3.49. The molecule has 0 amide bonds. The maximum absolute atomic E-state index is 10.4. The summed E-state index contributed by atoms with van der Waals surface area (Å²) in [6.45, 7) is 1.10. The Morgan fingerprint density at radius 1 is 1.70 bits per heavy atom. The van der Waals surface area contributed by atoms with E-state index in [0.29, 0.717) is 0 Å². The van der Waals surface area contributed by atoms with Crippen molar-refractivity contribution < 1.29 is 19.5 Å². The molecule has 5 nitrogen and oxygen atoms in total. The highest BCUT2D eigenvalue weighted by atomic mass is 16.4. The van der Waals surface area contributed by atoms with Crippen LogP contribution in [0.3, 0.4) is 0 Å². The van der Waals surface area contributed by atoms with E-state index < -0.39 is 17.7 Å². The average molecular weight is 142 g/mol. The number of nitrogens with one attached hydrogen (secondary N) is 1. The molecule has 10 heavy (non-hydrogen) atoms. The number of Topliss-reactive ketones (excluding diaryl/α,β-unsaturated/α-hetero) is 1. The number of hydrogen-bond acceptors (Lipinski definition) is 4. The first-order valence-electron chi connectivity index (χ1n) is 2.50. The molecule has 0 aliphatic rings. The van der Waals surface area contributed by atoms with Crippen molar-refractivity contribution in [3.8, 4) is 0 Å². The molecule has 5 heteroatoms. The van der Waals surface area contributed by atoms with Crippen LogP contribution in [0.15, 0.2) is 0 Å². The zero-order valence-electron chi connectivity index (χ0n) is 5.33. The fourth-order valence-corrected chi connectivity index (χ4v) is 0.406. The van der Waals surface area contributed by atoms with Gasteiger partial charge in [-0.2, -0.15) is 0 Å². The van der Waals surface area contributed by atoms with Crippen LogP contribution >= 0.6 is 0 Å². The summed E-state index contributed by atoms with van der Waals surface area (Å²) in [6, 6.07) is 0. The molecular weight excluding hydrogens is 136 g/mol. The summed E-state index contributed by atoms with van der Waals surface area (Å²) in [5, 5.41) is 10.0. The van der Waals surface area contributed by atoms with Crippen molar-refractivity contribution in [2.75, 3.05) is 0 Å². The molecule has 0 aromatic rings. The van der Waals surface area contributed by atoms with E-state index in [1.54, 1.807) is 0 Å². The fraction of sp³-hybridized carbons (Fsp3) is 0.400. The molecule has 0 fully saturated rings. The summed E-state index contributed by atoms with van der Waals surface area (Å²) in [4.78, 5) is 23.1. The lowest BCUT2D eigenvalue weighted by Crippen LogP contribution is -2.36. The molecule has 54 valence electrons. The zero-order valence-corrected chi connectivity index (χ0v) is 5.33. The van der Waals surface area contributed by atoms with E-state index in [1.807, 2.05) is 0 Å². The standard InChI is InChI=1S/C5H6N2O3/c1-3(8)4(2-7-6)5(9)10/h2,4,6H,1H3. The third-order valence-electron chi connectivity index (χ3n) is 0.916. The van der Waals surface area contributed by atoms with E-state index in [-0.39, 0.29) is 0 Å². The van der Waals surface area contributed by atoms with Gasteiger partial charge in [-0.05, 0) is 6.92 Å². The SMILES string of the molecule is CC(=O)C(C=[N+]=N)C(=O)[O-]. The Labute approximate surface area is 56.9 Å². The minimum absolute atomic E-state index is 0.587. The van der Waals surface area contributed by atoms with Crippen LogP contribution < -0.4 is 5.11 Å². The van der Waals surface area contributed by atoms with Crippen molar-refractivity contribution in [1.29, 1.82) is 5.53 Å². The van der Waals surface area contributed by atoms with Crippen LogP contribution in [0, 0.1) is 11.4 Å². The van der Waals surface area contributed by atoms with E-state index in [0.717, 1.165) is 13.1 Å². The molecule has 0 aliphatic heterocycles. The third-order valence-corrected chi connectivity index (χ3v) is 0.916. The average Bonchev–Trinajstić information content (AvgIpc) is 1.81. The highest BCUT2D eigenvalue weighted by Gasteiger charge is 2.17. The van der Waals surface area contributed by atoms with Gasteiger partial charge in [0.1, 0.15) is 5.78 Å². The number of rotatable bonds is 3. The first kappa shape index (κ1) is 8.52. The van der Waals surface area contributed by atoms with Crippen LogP contribution in [-0.2, 0) is 9.59 Å². The predicted molar refractivity (Wildman–Crippen MR) is 28.2 cm³/mol. The Morgan fingerprint density at radius 2 is 2.20 bits per heavy atom. The first-order chi connectivity index (χ1) is 4.59. The highest BCUT2D eigenvalue weighted by molar-refractivity contribution is 6.08. The van der Waals surface area contributed by atoms with E-state index in [2.05, 4.69) is 4.79 Å². The van der Waals surface area contributed by atoms with E-state index in [1.165, 1.54) is 0 Å². The van der Waals surface area contributed by atoms with Crippen molar-refractivity contribution in [2.45, 2.75) is 6.92 Å². The molecule has 0 aromatic carbocycles. The molecular formula is C5H6N2O3. The minimum atomic E-state index is -1.52. The van der Waals surface area contributed by atoms with Crippen LogP contribution in [0.2, 0.25) is 0 Å². The van der Waals surface area contributed by atoms with Gasteiger partial charge in [-0.1, -0.05) is 0 Å². The largest absolute Gasteiger partial charge is 0.549 e. The Morgan fingerprint density at radius 3 is 2.30 bits per heavy atom. The van der Waals surface area contributed by atoms with Crippen molar-refractivity contribution >= 4 is 18.0 Å². The number of ketones is 1. The van der Waals surface area contributed by atoms with Gasteiger partial charge in [0.05, 0.1) is 11.5 Å². The number of aliphatic carboxylic acids is 1. The van der Waals surface area contributed by atoms with Crippen LogP contribution in [0.1, 0.15) is 6.92 Å². The number of carboxylic acids is 1. The Kier molecular flexibility index (Phi) is 3.01. The zero-order chi connectivity index (χ0) is 8.15. The fourth-order valence-electron chi connectivity index (χ4n) is 0.406. The molecule has 0 rings (SSSR count). The summed E-state index contributed by atoms with van der Waals surface area (Å²) >= 11 is 0. The van der Waals surface area contributed by atoms with Gasteiger partial charge < -0.3 is 9.90 Å². The lowest BCUT2D eigenvalue weighted by Gasteiger charge is -2.01. The second kappa shape index (κ2) is 3.53. The number of carboxylic acid groups (broad SMARTS) is 1. The normalized spacial score (nSPS) is 11.3. The summed E-state index contributed by atoms with van der Waals surface area (Å²) in [6.07, 6.45) is 0.720. The Bertz CT molecular complexity index is 188. The molecule has 1 N–H and O–H groups in total. The topological polar surface area (TPSA) is 95.2 Å². The van der Waals surface area contributed by atoms with Gasteiger partial charge in [0.2, 0.25) is 0 Å². The Balaban J connectivity index is 4.41. The third kappa shape index (κ3) is 2.19.